The Labute approximate surface area is 191 Å². The molecule has 0 radical (unpaired) electrons. The van der Waals surface area contributed by atoms with Crippen molar-refractivity contribution in [1.29, 1.82) is 0 Å². The summed E-state index contributed by atoms with van der Waals surface area (Å²) in [4.78, 5) is 21.7. The highest BCUT2D eigenvalue weighted by molar-refractivity contribution is 6.32. The van der Waals surface area contributed by atoms with Crippen molar-refractivity contribution < 1.29 is 23.7 Å². The lowest BCUT2D eigenvalue weighted by Crippen LogP contribution is -2.06. The number of fused-ring (bicyclic) bond motifs is 1. The van der Waals surface area contributed by atoms with Crippen LogP contribution in [0.3, 0.4) is 0 Å². The number of ketones is 1. The monoisotopic (exact) mass is 444 g/mol. The number of imidazole rings is 1. The predicted octanol–water partition coefficient (Wildman–Crippen LogP) is 5.02. The van der Waals surface area contributed by atoms with Crippen LogP contribution in [0.25, 0.3) is 22.7 Å². The van der Waals surface area contributed by atoms with Gasteiger partial charge < -0.3 is 23.9 Å². The van der Waals surface area contributed by atoms with Gasteiger partial charge in [0.05, 0.1) is 45.0 Å². The van der Waals surface area contributed by atoms with Gasteiger partial charge in [0, 0.05) is 5.56 Å². The average Bonchev–Trinajstić information content (AvgIpc) is 3.30. The largest absolute Gasteiger partial charge is 0.497 e. The highest BCUT2D eigenvalue weighted by atomic mass is 16.5. The molecule has 0 aliphatic rings. The molecule has 0 saturated heterocycles. The molecule has 0 atom stereocenters. The van der Waals surface area contributed by atoms with E-state index in [2.05, 4.69) is 9.97 Å². The molecule has 3 aromatic carbocycles. The van der Waals surface area contributed by atoms with Crippen molar-refractivity contribution in [2.24, 2.45) is 0 Å². The lowest BCUT2D eigenvalue weighted by Gasteiger charge is -2.14. The number of aromatic nitrogens is 2. The number of nitrogens with one attached hydrogen (secondary N) is 1. The highest BCUT2D eigenvalue weighted by Crippen LogP contribution is 2.39. The van der Waals surface area contributed by atoms with Crippen LogP contribution in [0.5, 0.6) is 23.0 Å². The minimum Gasteiger partial charge on any atom is -0.497 e. The van der Waals surface area contributed by atoms with E-state index in [0.717, 1.165) is 16.6 Å². The zero-order valence-electron chi connectivity index (χ0n) is 18.8. The Hall–Kier alpha value is -4.26. The third kappa shape index (κ3) is 4.39. The molecule has 33 heavy (non-hydrogen) atoms. The Morgan fingerprint density at radius 1 is 0.848 bits per heavy atom. The number of methoxy groups -OCH3 is 4. The number of Topliss-reactive ketones (excluding diaryl/α,β-unsaturated/α-hetero) is 1. The number of para-hydroxylation sites is 2. The van der Waals surface area contributed by atoms with Crippen LogP contribution in [0.2, 0.25) is 0 Å². The second-order valence-electron chi connectivity index (χ2n) is 7.18. The van der Waals surface area contributed by atoms with E-state index < -0.39 is 0 Å². The maximum atomic E-state index is 13.8. The van der Waals surface area contributed by atoms with Gasteiger partial charge in [-0.2, -0.15) is 0 Å². The fraction of sp³-hybridized carbons (Fsp3) is 0.154. The fourth-order valence-corrected chi connectivity index (χ4v) is 3.59. The van der Waals surface area contributed by atoms with Crippen molar-refractivity contribution in [3.63, 3.8) is 0 Å². The van der Waals surface area contributed by atoms with Crippen molar-refractivity contribution in [2.75, 3.05) is 28.4 Å². The second-order valence-corrected chi connectivity index (χ2v) is 7.18. The number of allylic oxidation sites excluding steroid dienone is 1. The smallest absolute Gasteiger partial charge is 0.203 e. The third-order valence-electron chi connectivity index (χ3n) is 5.22. The number of H-pyrrole nitrogens is 1. The predicted molar refractivity (Wildman–Crippen MR) is 127 cm³/mol. The van der Waals surface area contributed by atoms with E-state index in [1.807, 2.05) is 48.5 Å². The highest BCUT2D eigenvalue weighted by Gasteiger charge is 2.22. The first kappa shape index (κ1) is 22.0. The Bertz CT molecular complexity index is 1280. The SMILES string of the molecule is COc1cccc(C=C(C(=O)c2cc(OC)c(OC)c(OC)c2)c2nc3ccccc3[nH]2)c1. The van der Waals surface area contributed by atoms with Gasteiger partial charge in [-0.3, -0.25) is 4.79 Å². The summed E-state index contributed by atoms with van der Waals surface area (Å²) in [5, 5.41) is 0. The van der Waals surface area contributed by atoms with Crippen LogP contribution in [0.1, 0.15) is 21.7 Å². The average molecular weight is 444 g/mol. The van der Waals surface area contributed by atoms with Gasteiger partial charge in [0.15, 0.2) is 17.3 Å². The van der Waals surface area contributed by atoms with Gasteiger partial charge in [0.25, 0.3) is 0 Å². The molecule has 0 aliphatic carbocycles. The van der Waals surface area contributed by atoms with Crippen molar-refractivity contribution in [1.82, 2.24) is 9.97 Å². The summed E-state index contributed by atoms with van der Waals surface area (Å²) in [5.41, 5.74) is 3.15. The number of aromatic amines is 1. The first-order valence-corrected chi connectivity index (χ1v) is 10.2. The standard InChI is InChI=1S/C26H24N2O5/c1-30-18-9-7-8-16(12-18)13-19(26-27-20-10-5-6-11-21(20)28-26)24(29)17-14-22(31-2)25(33-4)23(15-17)32-3/h5-15H,1-4H3,(H,27,28). The van der Waals surface area contributed by atoms with Crippen LogP contribution in [0, 0.1) is 0 Å². The van der Waals surface area contributed by atoms with Gasteiger partial charge in [0.2, 0.25) is 5.75 Å². The molecule has 1 aromatic heterocycles. The summed E-state index contributed by atoms with van der Waals surface area (Å²) >= 11 is 0. The van der Waals surface area contributed by atoms with E-state index in [1.165, 1.54) is 21.3 Å². The number of carbonyl (C=O) groups is 1. The summed E-state index contributed by atoms with van der Waals surface area (Å²) in [5.74, 6) is 2.09. The zero-order chi connectivity index (χ0) is 23.4. The number of rotatable bonds is 8. The molecular formula is C26H24N2O5. The number of hydrogen-bond acceptors (Lipinski definition) is 6. The number of hydrogen-bond donors (Lipinski definition) is 1. The molecule has 1 N–H and O–H groups in total. The van der Waals surface area contributed by atoms with E-state index in [0.29, 0.717) is 40.0 Å². The normalized spacial score (nSPS) is 11.3. The van der Waals surface area contributed by atoms with Crippen LogP contribution in [0.15, 0.2) is 60.7 Å². The van der Waals surface area contributed by atoms with Gasteiger partial charge in [-0.05, 0) is 48.0 Å². The van der Waals surface area contributed by atoms with Crippen LogP contribution in [0.4, 0.5) is 0 Å². The summed E-state index contributed by atoms with van der Waals surface area (Å²) in [7, 11) is 6.14. The first-order valence-electron chi connectivity index (χ1n) is 10.2. The molecule has 7 heteroatoms. The molecule has 0 amide bonds. The van der Waals surface area contributed by atoms with Gasteiger partial charge >= 0.3 is 0 Å². The minimum atomic E-state index is -0.254. The molecular weight excluding hydrogens is 420 g/mol. The quantitative estimate of drug-likeness (QED) is 0.304. The summed E-state index contributed by atoms with van der Waals surface area (Å²) < 4.78 is 21.6. The molecule has 168 valence electrons. The van der Waals surface area contributed by atoms with Crippen LogP contribution >= 0.6 is 0 Å². The van der Waals surface area contributed by atoms with E-state index >= 15 is 0 Å². The third-order valence-corrected chi connectivity index (χ3v) is 5.22. The number of carbonyl (C=O) groups excluding carboxylic acids is 1. The lowest BCUT2D eigenvalue weighted by atomic mass is 9.99. The number of nitrogens with zero attached hydrogens (tertiary/aromatic N) is 1. The van der Waals surface area contributed by atoms with Crippen LogP contribution < -0.4 is 18.9 Å². The van der Waals surface area contributed by atoms with Crippen LogP contribution in [-0.4, -0.2) is 44.2 Å². The maximum absolute atomic E-state index is 13.8. The fourth-order valence-electron chi connectivity index (χ4n) is 3.59. The molecule has 7 nitrogen and oxygen atoms in total. The molecule has 4 rings (SSSR count). The molecule has 0 bridgehead atoms. The Morgan fingerprint density at radius 3 is 2.21 bits per heavy atom. The number of ether oxygens (including phenoxy) is 4. The van der Waals surface area contributed by atoms with E-state index in [-0.39, 0.29) is 5.78 Å². The topological polar surface area (TPSA) is 82.7 Å². The molecule has 0 fully saturated rings. The van der Waals surface area contributed by atoms with Gasteiger partial charge in [0.1, 0.15) is 11.6 Å². The maximum Gasteiger partial charge on any atom is 0.203 e. The molecule has 0 aliphatic heterocycles. The number of benzene rings is 3. The van der Waals surface area contributed by atoms with E-state index in [9.17, 15) is 4.79 Å². The Morgan fingerprint density at radius 2 is 1.58 bits per heavy atom. The van der Waals surface area contributed by atoms with Gasteiger partial charge in [-0.15, -0.1) is 0 Å². The van der Waals surface area contributed by atoms with Crippen molar-refractivity contribution in [3.05, 3.63) is 77.6 Å². The van der Waals surface area contributed by atoms with E-state index in [1.54, 1.807) is 25.3 Å². The molecule has 4 aromatic rings. The van der Waals surface area contributed by atoms with Crippen LogP contribution in [-0.2, 0) is 0 Å². The van der Waals surface area contributed by atoms with Crippen molar-refractivity contribution >= 4 is 28.5 Å². The van der Waals surface area contributed by atoms with Crippen molar-refractivity contribution in [3.8, 4) is 23.0 Å². The Balaban J connectivity index is 1.89. The Kier molecular flexibility index (Phi) is 6.31. The minimum absolute atomic E-state index is 0.254. The van der Waals surface area contributed by atoms with E-state index in [4.69, 9.17) is 18.9 Å². The second kappa shape index (κ2) is 9.48. The summed E-state index contributed by atoms with van der Waals surface area (Å²) in [6.45, 7) is 0. The molecule has 0 unspecified atom stereocenters. The molecule has 1 heterocycles. The van der Waals surface area contributed by atoms with Crippen molar-refractivity contribution in [2.45, 2.75) is 0 Å². The van der Waals surface area contributed by atoms with Gasteiger partial charge in [-0.1, -0.05) is 24.3 Å². The summed E-state index contributed by atoms with van der Waals surface area (Å²) in [6.07, 6.45) is 1.78. The first-order chi connectivity index (χ1) is 16.1. The molecule has 0 spiro atoms. The zero-order valence-corrected chi connectivity index (χ0v) is 18.8. The molecule has 0 saturated carbocycles. The van der Waals surface area contributed by atoms with Gasteiger partial charge in [-0.25, -0.2) is 4.98 Å². The summed E-state index contributed by atoms with van der Waals surface area (Å²) in [6, 6.07) is 18.3. The lowest BCUT2D eigenvalue weighted by molar-refractivity contribution is 0.105.